The predicted molar refractivity (Wildman–Crippen MR) is 131 cm³/mol. The minimum atomic E-state index is -3.91. The lowest BCUT2D eigenvalue weighted by atomic mass is 10.0. The van der Waals surface area contributed by atoms with Gasteiger partial charge in [-0.05, 0) is 55.2 Å². The van der Waals surface area contributed by atoms with Crippen LogP contribution in [-0.2, 0) is 21.2 Å². The Morgan fingerprint density at radius 1 is 1.11 bits per heavy atom. The zero-order valence-electron chi connectivity index (χ0n) is 18.9. The van der Waals surface area contributed by atoms with Crippen LogP contribution in [0.2, 0.25) is 0 Å². The summed E-state index contributed by atoms with van der Waals surface area (Å²) in [6, 6.07) is 21.0. The number of aryl methyl sites for hydroxylation is 1. The molecular weight excluding hydrogens is 462 g/mol. The number of rotatable bonds is 7. The highest BCUT2D eigenvalue weighted by molar-refractivity contribution is 7.89. The van der Waals surface area contributed by atoms with Gasteiger partial charge in [0.15, 0.2) is 5.78 Å². The zero-order valence-corrected chi connectivity index (χ0v) is 19.7. The van der Waals surface area contributed by atoms with E-state index in [-0.39, 0.29) is 17.3 Å². The van der Waals surface area contributed by atoms with Crippen molar-refractivity contribution in [3.8, 4) is 17.3 Å². The van der Waals surface area contributed by atoms with Gasteiger partial charge in [0.1, 0.15) is 5.58 Å². The van der Waals surface area contributed by atoms with E-state index in [4.69, 9.17) is 9.68 Å². The molecule has 5 rings (SSSR count). The van der Waals surface area contributed by atoms with E-state index in [1.807, 2.05) is 30.3 Å². The highest BCUT2D eigenvalue weighted by atomic mass is 32.2. The number of hydrogen-bond acceptors (Lipinski definition) is 6. The average molecular weight is 486 g/mol. The molecule has 1 atom stereocenters. The van der Waals surface area contributed by atoms with E-state index in [1.165, 1.54) is 10.4 Å². The van der Waals surface area contributed by atoms with Crippen molar-refractivity contribution in [3.05, 3.63) is 84.1 Å². The van der Waals surface area contributed by atoms with Crippen LogP contribution in [0.5, 0.6) is 0 Å². The molecule has 1 unspecified atom stereocenters. The summed E-state index contributed by atoms with van der Waals surface area (Å²) < 4.78 is 33.5. The van der Waals surface area contributed by atoms with E-state index >= 15 is 0 Å². The van der Waals surface area contributed by atoms with Crippen LogP contribution < -0.4 is 0 Å². The molecule has 0 saturated carbocycles. The summed E-state index contributed by atoms with van der Waals surface area (Å²) in [7, 11) is -3.91. The molecule has 1 fully saturated rings. The second kappa shape index (κ2) is 9.45. The molecule has 0 bridgehead atoms. The first kappa shape index (κ1) is 23.0. The van der Waals surface area contributed by atoms with Crippen molar-refractivity contribution < 1.29 is 17.6 Å². The number of nitriles is 1. The molecule has 1 aliphatic heterocycles. The number of Topliss-reactive ketones (excluding diaryl/α,β-unsaturated/α-hetero) is 1. The molecule has 176 valence electrons. The molecule has 2 aromatic heterocycles. The highest BCUT2D eigenvalue weighted by Gasteiger charge is 2.40. The summed E-state index contributed by atoms with van der Waals surface area (Å²) in [5, 5.41) is 9.56. The number of para-hydroxylation sites is 1. The van der Waals surface area contributed by atoms with Crippen molar-refractivity contribution in [3.63, 3.8) is 0 Å². The Balaban J connectivity index is 1.29. The Bertz CT molecular complexity index is 1500. The summed E-state index contributed by atoms with van der Waals surface area (Å²) in [6.07, 6.45) is 3.55. The van der Waals surface area contributed by atoms with Gasteiger partial charge in [-0.3, -0.25) is 9.78 Å². The predicted octanol–water partition coefficient (Wildman–Crippen LogP) is 4.72. The SMILES string of the molecule is N#Cc1ccc(-c2cc(CCC(=O)C3CCCN3S(=O)(=O)c3cc4ccccc4o3)ccn2)cc1. The van der Waals surface area contributed by atoms with Gasteiger partial charge in [0, 0.05) is 36.2 Å². The van der Waals surface area contributed by atoms with Gasteiger partial charge in [0.05, 0.1) is 23.4 Å². The normalized spacial score (nSPS) is 16.4. The molecule has 0 radical (unpaired) electrons. The van der Waals surface area contributed by atoms with Crippen LogP contribution in [0.25, 0.3) is 22.2 Å². The molecule has 2 aromatic carbocycles. The molecule has 35 heavy (non-hydrogen) atoms. The maximum absolute atomic E-state index is 13.3. The lowest BCUT2D eigenvalue weighted by Crippen LogP contribution is -2.40. The van der Waals surface area contributed by atoms with E-state index in [1.54, 1.807) is 36.5 Å². The minimum absolute atomic E-state index is 0.0982. The number of benzene rings is 2. The van der Waals surface area contributed by atoms with Crippen LogP contribution in [0.15, 0.2) is 82.4 Å². The molecule has 0 aliphatic carbocycles. The Kier molecular flexibility index (Phi) is 6.20. The Hall–Kier alpha value is -3.80. The van der Waals surface area contributed by atoms with Crippen molar-refractivity contribution in [2.24, 2.45) is 0 Å². The number of furan rings is 1. The van der Waals surface area contributed by atoms with Gasteiger partial charge in [-0.2, -0.15) is 9.57 Å². The number of fused-ring (bicyclic) bond motifs is 1. The van der Waals surface area contributed by atoms with E-state index in [0.717, 1.165) is 16.8 Å². The third-order valence-corrected chi connectivity index (χ3v) is 8.10. The minimum Gasteiger partial charge on any atom is -0.443 e. The third-order valence-electron chi connectivity index (χ3n) is 6.34. The second-order valence-corrected chi connectivity index (χ2v) is 10.4. The molecule has 7 nitrogen and oxygen atoms in total. The summed E-state index contributed by atoms with van der Waals surface area (Å²) in [5.74, 6) is -0.0982. The van der Waals surface area contributed by atoms with E-state index < -0.39 is 16.1 Å². The van der Waals surface area contributed by atoms with Crippen LogP contribution in [0.4, 0.5) is 0 Å². The third kappa shape index (κ3) is 4.61. The maximum Gasteiger partial charge on any atom is 0.277 e. The van der Waals surface area contributed by atoms with Gasteiger partial charge in [-0.25, -0.2) is 8.42 Å². The maximum atomic E-state index is 13.3. The van der Waals surface area contributed by atoms with Crippen molar-refractivity contribution in [2.75, 3.05) is 6.54 Å². The molecule has 1 aliphatic rings. The number of carbonyl (C=O) groups excluding carboxylic acids is 1. The monoisotopic (exact) mass is 485 g/mol. The number of carbonyl (C=O) groups is 1. The number of ketones is 1. The van der Waals surface area contributed by atoms with Gasteiger partial charge >= 0.3 is 0 Å². The molecule has 0 spiro atoms. The molecule has 0 amide bonds. The van der Waals surface area contributed by atoms with Gasteiger partial charge in [0.25, 0.3) is 10.0 Å². The number of hydrogen-bond donors (Lipinski definition) is 0. The number of aromatic nitrogens is 1. The first-order valence-corrected chi connectivity index (χ1v) is 12.9. The van der Waals surface area contributed by atoms with Crippen LogP contribution in [0.3, 0.4) is 0 Å². The van der Waals surface area contributed by atoms with Crippen LogP contribution in [0.1, 0.15) is 30.4 Å². The fourth-order valence-corrected chi connectivity index (χ4v) is 6.12. The standard InChI is InChI=1S/C27H23N3O4S/c28-18-20-7-10-21(11-8-20)23-16-19(13-14-29-23)9-12-25(31)24-5-3-15-30(24)35(32,33)27-17-22-4-1-2-6-26(22)34-27/h1-2,4,6-8,10-11,13-14,16-17,24H,3,5,9,12,15H2. The fourth-order valence-electron chi connectivity index (χ4n) is 4.49. The van der Waals surface area contributed by atoms with Crippen molar-refractivity contribution >= 4 is 26.8 Å². The van der Waals surface area contributed by atoms with Crippen molar-refractivity contribution in [2.45, 2.75) is 36.8 Å². The molecule has 3 heterocycles. The lowest BCUT2D eigenvalue weighted by molar-refractivity contribution is -0.122. The number of nitrogens with zero attached hydrogens (tertiary/aromatic N) is 3. The van der Waals surface area contributed by atoms with Crippen LogP contribution in [-0.4, -0.2) is 36.1 Å². The quantitative estimate of drug-likeness (QED) is 0.375. The first-order chi connectivity index (χ1) is 17.0. The molecule has 0 N–H and O–H groups in total. The highest BCUT2D eigenvalue weighted by Crippen LogP contribution is 2.31. The summed E-state index contributed by atoms with van der Waals surface area (Å²) in [5.41, 5.74) is 3.67. The largest absolute Gasteiger partial charge is 0.443 e. The Morgan fingerprint density at radius 3 is 2.69 bits per heavy atom. The molecular formula is C27H23N3O4S. The van der Waals surface area contributed by atoms with Gasteiger partial charge in [0.2, 0.25) is 5.09 Å². The second-order valence-electron chi connectivity index (χ2n) is 8.58. The van der Waals surface area contributed by atoms with Crippen LogP contribution >= 0.6 is 0 Å². The Labute approximate surface area is 203 Å². The van der Waals surface area contributed by atoms with Gasteiger partial charge in [-0.15, -0.1) is 0 Å². The van der Waals surface area contributed by atoms with Crippen LogP contribution in [0, 0.1) is 11.3 Å². The molecule has 8 heteroatoms. The van der Waals surface area contributed by atoms with Gasteiger partial charge < -0.3 is 4.42 Å². The summed E-state index contributed by atoms with van der Waals surface area (Å²) in [6.45, 7) is 0.299. The van der Waals surface area contributed by atoms with E-state index in [2.05, 4.69) is 11.1 Å². The first-order valence-electron chi connectivity index (χ1n) is 11.4. The summed E-state index contributed by atoms with van der Waals surface area (Å²) in [4.78, 5) is 17.5. The lowest BCUT2D eigenvalue weighted by Gasteiger charge is -2.21. The van der Waals surface area contributed by atoms with Crippen molar-refractivity contribution in [1.82, 2.24) is 9.29 Å². The van der Waals surface area contributed by atoms with E-state index in [9.17, 15) is 13.2 Å². The smallest absolute Gasteiger partial charge is 0.277 e. The number of pyridine rings is 1. The fraction of sp³-hybridized carbons (Fsp3) is 0.222. The van der Waals surface area contributed by atoms with Gasteiger partial charge in [-0.1, -0.05) is 30.3 Å². The van der Waals surface area contributed by atoms with E-state index in [0.29, 0.717) is 42.3 Å². The number of sulfonamides is 1. The Morgan fingerprint density at radius 2 is 1.91 bits per heavy atom. The zero-order chi connectivity index (χ0) is 24.4. The summed E-state index contributed by atoms with van der Waals surface area (Å²) >= 11 is 0. The molecule has 1 saturated heterocycles. The topological polar surface area (TPSA) is 104 Å². The average Bonchev–Trinajstić information content (AvgIpc) is 3.56. The molecule has 4 aromatic rings. The van der Waals surface area contributed by atoms with Crippen molar-refractivity contribution in [1.29, 1.82) is 5.26 Å².